The van der Waals surface area contributed by atoms with Crippen LogP contribution in [0.5, 0.6) is 5.75 Å². The first-order valence-corrected chi connectivity index (χ1v) is 11.6. The Hall–Kier alpha value is -3.14. The van der Waals surface area contributed by atoms with Gasteiger partial charge in [-0.15, -0.1) is 0 Å². The summed E-state index contributed by atoms with van der Waals surface area (Å²) in [5.74, 6) is 0.806. The molecule has 1 atom stereocenters. The van der Waals surface area contributed by atoms with Crippen LogP contribution in [0, 0.1) is 0 Å². The van der Waals surface area contributed by atoms with Gasteiger partial charge in [0.15, 0.2) is 0 Å². The van der Waals surface area contributed by atoms with Crippen LogP contribution in [0.15, 0.2) is 60.9 Å². The molecule has 0 bridgehead atoms. The van der Waals surface area contributed by atoms with Crippen LogP contribution in [-0.4, -0.2) is 24.0 Å². The SMILES string of the molecule is CCCCc1c(/C=C/C(=O)N[C@@H](C)CCCc2cccnc2)ccc2ccc(OC)cc12. The van der Waals surface area contributed by atoms with Crippen molar-refractivity contribution in [3.63, 3.8) is 0 Å². The monoisotopic (exact) mass is 430 g/mol. The quantitative estimate of drug-likeness (QED) is 0.373. The molecule has 0 fully saturated rings. The molecule has 1 aromatic heterocycles. The third kappa shape index (κ3) is 6.68. The van der Waals surface area contributed by atoms with Gasteiger partial charge in [0.2, 0.25) is 5.91 Å². The Morgan fingerprint density at radius 2 is 2.00 bits per heavy atom. The number of ether oxygens (including phenoxy) is 1. The lowest BCUT2D eigenvalue weighted by Gasteiger charge is -2.13. The van der Waals surface area contributed by atoms with Crippen molar-refractivity contribution in [3.05, 3.63) is 77.6 Å². The summed E-state index contributed by atoms with van der Waals surface area (Å²) in [6.07, 6.45) is 13.4. The van der Waals surface area contributed by atoms with Gasteiger partial charge in [-0.05, 0) is 90.8 Å². The van der Waals surface area contributed by atoms with Crippen LogP contribution in [0.3, 0.4) is 0 Å². The molecule has 168 valence electrons. The highest BCUT2D eigenvalue weighted by Gasteiger charge is 2.09. The van der Waals surface area contributed by atoms with Gasteiger partial charge in [0.1, 0.15) is 5.75 Å². The number of fused-ring (bicyclic) bond motifs is 1. The minimum atomic E-state index is -0.0499. The first-order valence-electron chi connectivity index (χ1n) is 11.6. The average molecular weight is 431 g/mol. The van der Waals surface area contributed by atoms with E-state index in [4.69, 9.17) is 4.74 Å². The van der Waals surface area contributed by atoms with E-state index in [1.165, 1.54) is 21.9 Å². The third-order valence-corrected chi connectivity index (χ3v) is 5.79. The predicted octanol–water partition coefficient (Wildman–Crippen LogP) is 6.13. The third-order valence-electron chi connectivity index (χ3n) is 5.79. The largest absolute Gasteiger partial charge is 0.497 e. The van der Waals surface area contributed by atoms with Crippen molar-refractivity contribution in [2.45, 2.75) is 58.4 Å². The van der Waals surface area contributed by atoms with Crippen LogP contribution in [-0.2, 0) is 17.6 Å². The number of benzene rings is 2. The van der Waals surface area contributed by atoms with Gasteiger partial charge in [0, 0.05) is 24.5 Å². The minimum Gasteiger partial charge on any atom is -0.497 e. The summed E-state index contributed by atoms with van der Waals surface area (Å²) >= 11 is 0. The maximum Gasteiger partial charge on any atom is 0.244 e. The van der Waals surface area contributed by atoms with Crippen molar-refractivity contribution in [2.24, 2.45) is 0 Å². The van der Waals surface area contributed by atoms with Gasteiger partial charge in [-0.1, -0.05) is 37.6 Å². The van der Waals surface area contributed by atoms with Gasteiger partial charge in [-0.25, -0.2) is 0 Å². The van der Waals surface area contributed by atoms with E-state index in [1.54, 1.807) is 19.4 Å². The van der Waals surface area contributed by atoms with Crippen molar-refractivity contribution < 1.29 is 9.53 Å². The van der Waals surface area contributed by atoms with Crippen molar-refractivity contribution >= 4 is 22.8 Å². The Bertz CT molecular complexity index is 1040. The van der Waals surface area contributed by atoms with Gasteiger partial charge in [-0.2, -0.15) is 0 Å². The minimum absolute atomic E-state index is 0.0499. The van der Waals surface area contributed by atoms with Crippen molar-refractivity contribution in [2.75, 3.05) is 7.11 Å². The number of nitrogens with one attached hydrogen (secondary N) is 1. The van der Waals surface area contributed by atoms with Gasteiger partial charge >= 0.3 is 0 Å². The Morgan fingerprint density at radius 1 is 1.16 bits per heavy atom. The smallest absolute Gasteiger partial charge is 0.244 e. The number of aryl methyl sites for hydroxylation is 2. The van der Waals surface area contributed by atoms with Gasteiger partial charge in [0.05, 0.1) is 7.11 Å². The molecular weight excluding hydrogens is 396 g/mol. The molecule has 3 rings (SSSR count). The van der Waals surface area contributed by atoms with E-state index in [1.807, 2.05) is 24.4 Å². The Morgan fingerprint density at radius 3 is 2.75 bits per heavy atom. The second kappa shape index (κ2) is 12.0. The number of hydrogen-bond donors (Lipinski definition) is 1. The van der Waals surface area contributed by atoms with E-state index >= 15 is 0 Å². The first kappa shape index (κ1) is 23.5. The number of amides is 1. The molecule has 4 heteroatoms. The topological polar surface area (TPSA) is 51.2 Å². The molecule has 0 radical (unpaired) electrons. The molecule has 1 N–H and O–H groups in total. The fourth-order valence-electron chi connectivity index (χ4n) is 3.98. The van der Waals surface area contributed by atoms with E-state index < -0.39 is 0 Å². The molecule has 0 aliphatic rings. The van der Waals surface area contributed by atoms with E-state index in [2.05, 4.69) is 54.5 Å². The maximum atomic E-state index is 12.5. The molecule has 32 heavy (non-hydrogen) atoms. The van der Waals surface area contributed by atoms with E-state index in [-0.39, 0.29) is 11.9 Å². The molecular formula is C28H34N2O2. The highest BCUT2D eigenvalue weighted by atomic mass is 16.5. The summed E-state index contributed by atoms with van der Waals surface area (Å²) < 4.78 is 5.44. The molecule has 3 aromatic rings. The fraction of sp³-hybridized carbons (Fsp3) is 0.357. The van der Waals surface area contributed by atoms with Crippen LogP contribution >= 0.6 is 0 Å². The van der Waals surface area contributed by atoms with Crippen molar-refractivity contribution in [1.29, 1.82) is 0 Å². The number of nitrogens with zero attached hydrogens (tertiary/aromatic N) is 1. The second-order valence-corrected chi connectivity index (χ2v) is 8.32. The highest BCUT2D eigenvalue weighted by molar-refractivity contribution is 5.94. The Labute approximate surface area is 191 Å². The zero-order valence-electron chi connectivity index (χ0n) is 19.4. The zero-order chi connectivity index (χ0) is 22.8. The number of pyridine rings is 1. The van der Waals surface area contributed by atoms with Crippen LogP contribution in [0.4, 0.5) is 0 Å². The summed E-state index contributed by atoms with van der Waals surface area (Å²) in [7, 11) is 1.69. The molecule has 1 heterocycles. The molecule has 1 amide bonds. The van der Waals surface area contributed by atoms with Crippen LogP contribution in [0.25, 0.3) is 16.8 Å². The van der Waals surface area contributed by atoms with Crippen LogP contribution in [0.1, 0.15) is 56.2 Å². The zero-order valence-corrected chi connectivity index (χ0v) is 19.4. The maximum absolute atomic E-state index is 12.5. The number of methoxy groups -OCH3 is 1. The summed E-state index contributed by atoms with van der Waals surface area (Å²) in [5, 5.41) is 5.49. The Kier molecular flexibility index (Phi) is 8.85. The van der Waals surface area contributed by atoms with E-state index in [9.17, 15) is 4.79 Å². The fourth-order valence-corrected chi connectivity index (χ4v) is 3.98. The summed E-state index contributed by atoms with van der Waals surface area (Å²) in [5.41, 5.74) is 3.61. The molecule has 0 unspecified atom stereocenters. The normalized spacial score (nSPS) is 12.2. The van der Waals surface area contributed by atoms with Crippen molar-refractivity contribution in [3.8, 4) is 5.75 Å². The molecule has 0 spiro atoms. The number of carbonyl (C=O) groups excluding carboxylic acids is 1. The summed E-state index contributed by atoms with van der Waals surface area (Å²) in [6, 6.07) is 14.6. The van der Waals surface area contributed by atoms with Crippen LogP contribution < -0.4 is 10.1 Å². The predicted molar refractivity (Wildman–Crippen MR) is 133 cm³/mol. The lowest BCUT2D eigenvalue weighted by atomic mass is 9.94. The van der Waals surface area contributed by atoms with Gasteiger partial charge in [0.25, 0.3) is 0 Å². The Balaban J connectivity index is 1.64. The number of unbranched alkanes of at least 4 members (excludes halogenated alkanes) is 1. The number of carbonyl (C=O) groups is 1. The lowest BCUT2D eigenvalue weighted by Crippen LogP contribution is -2.31. The highest BCUT2D eigenvalue weighted by Crippen LogP contribution is 2.28. The summed E-state index contributed by atoms with van der Waals surface area (Å²) in [6.45, 7) is 4.26. The molecule has 0 saturated carbocycles. The molecule has 0 aliphatic heterocycles. The molecule has 2 aromatic carbocycles. The molecule has 0 aliphatic carbocycles. The lowest BCUT2D eigenvalue weighted by molar-refractivity contribution is -0.117. The van der Waals surface area contributed by atoms with Crippen molar-refractivity contribution in [1.82, 2.24) is 10.3 Å². The van der Waals surface area contributed by atoms with Gasteiger partial charge in [-0.3, -0.25) is 9.78 Å². The number of hydrogen-bond acceptors (Lipinski definition) is 3. The number of rotatable bonds is 11. The summed E-state index contributed by atoms with van der Waals surface area (Å²) in [4.78, 5) is 16.7. The standard InChI is InChI=1S/C28H34N2O2/c1-4-5-11-26-23(12-13-24-14-16-25(32-3)19-27(24)26)15-17-28(31)30-21(2)8-6-9-22-10-7-18-29-20-22/h7,10,12-21H,4-6,8-9,11H2,1-3H3,(H,30,31)/b17-15+/t21-/m0/s1. The number of aromatic nitrogens is 1. The van der Waals surface area contributed by atoms with E-state index in [0.29, 0.717) is 0 Å². The molecule has 4 nitrogen and oxygen atoms in total. The first-order chi connectivity index (χ1) is 15.6. The average Bonchev–Trinajstić information content (AvgIpc) is 2.81. The molecule has 0 saturated heterocycles. The second-order valence-electron chi connectivity index (χ2n) is 8.32. The van der Waals surface area contributed by atoms with Crippen LogP contribution in [0.2, 0.25) is 0 Å². The van der Waals surface area contributed by atoms with E-state index in [0.717, 1.165) is 49.8 Å². The van der Waals surface area contributed by atoms with Gasteiger partial charge < -0.3 is 10.1 Å².